The minimum atomic E-state index is -2.34. The number of rotatable bonds is 7. The molecule has 0 amide bonds. The lowest BCUT2D eigenvalue weighted by Crippen LogP contribution is -2.45. The summed E-state index contributed by atoms with van der Waals surface area (Å²) in [4.78, 5) is 2.11. The first-order valence-corrected chi connectivity index (χ1v) is 7.69. The maximum absolute atomic E-state index is 13.0. The third-order valence-electron chi connectivity index (χ3n) is 3.87. The summed E-state index contributed by atoms with van der Waals surface area (Å²) < 4.78 is 36.8. The summed E-state index contributed by atoms with van der Waals surface area (Å²) in [6.45, 7) is 5.63. The van der Waals surface area contributed by atoms with E-state index in [-0.39, 0.29) is 24.9 Å². The van der Waals surface area contributed by atoms with Gasteiger partial charge in [-0.3, -0.25) is 4.90 Å². The van der Waals surface area contributed by atoms with Crippen molar-refractivity contribution in [1.82, 2.24) is 10.2 Å². The Labute approximate surface area is 142 Å². The minimum Gasteiger partial charge on any atom is -0.493 e. The molecule has 0 aromatic heterocycles. The molecule has 1 heterocycles. The van der Waals surface area contributed by atoms with Crippen LogP contribution >= 0.6 is 12.4 Å². The highest BCUT2D eigenvalue weighted by atomic mass is 35.5. The molecule has 0 bridgehead atoms. The zero-order chi connectivity index (χ0) is 15.9. The molecule has 7 heteroatoms. The van der Waals surface area contributed by atoms with Gasteiger partial charge in [0.2, 0.25) is 6.43 Å². The third kappa shape index (κ3) is 5.48. The van der Waals surface area contributed by atoms with Gasteiger partial charge in [0.15, 0.2) is 11.5 Å². The summed E-state index contributed by atoms with van der Waals surface area (Å²) in [7, 11) is 1.56. The van der Waals surface area contributed by atoms with E-state index in [1.807, 2.05) is 19.1 Å². The number of piperazine rings is 1. The first-order valence-electron chi connectivity index (χ1n) is 7.69. The Morgan fingerprint density at radius 1 is 1.22 bits per heavy atom. The lowest BCUT2D eigenvalue weighted by molar-refractivity contribution is 0.0738. The quantitative estimate of drug-likeness (QED) is 0.819. The Morgan fingerprint density at radius 3 is 2.48 bits per heavy atom. The zero-order valence-electron chi connectivity index (χ0n) is 13.6. The second-order valence-electron chi connectivity index (χ2n) is 5.27. The van der Waals surface area contributed by atoms with Gasteiger partial charge >= 0.3 is 0 Å². The van der Waals surface area contributed by atoms with Crippen molar-refractivity contribution in [2.24, 2.45) is 0 Å². The zero-order valence-corrected chi connectivity index (χ0v) is 14.4. The van der Waals surface area contributed by atoms with Gasteiger partial charge in [-0.05, 0) is 24.6 Å². The van der Waals surface area contributed by atoms with Crippen LogP contribution < -0.4 is 14.8 Å². The van der Waals surface area contributed by atoms with Crippen molar-refractivity contribution in [1.29, 1.82) is 0 Å². The molecular weight excluding hydrogens is 326 g/mol. The minimum absolute atomic E-state index is 0. The summed E-state index contributed by atoms with van der Waals surface area (Å²) in [5, 5.41) is 3.25. The van der Waals surface area contributed by atoms with Gasteiger partial charge in [0.1, 0.15) is 0 Å². The molecule has 1 N–H and O–H groups in total. The Morgan fingerprint density at radius 2 is 1.91 bits per heavy atom. The molecule has 1 aromatic rings. The van der Waals surface area contributed by atoms with Crippen LogP contribution in [0.4, 0.5) is 8.78 Å². The highest BCUT2D eigenvalue weighted by Gasteiger charge is 2.26. The number of halogens is 3. The molecule has 4 nitrogen and oxygen atoms in total. The van der Waals surface area contributed by atoms with Crippen LogP contribution in [0.25, 0.3) is 0 Å². The number of benzene rings is 1. The Kier molecular flexibility index (Phi) is 8.58. The van der Waals surface area contributed by atoms with E-state index in [0.717, 1.165) is 31.7 Å². The molecule has 1 aliphatic heterocycles. The van der Waals surface area contributed by atoms with E-state index in [9.17, 15) is 8.78 Å². The Balaban J connectivity index is 0.00000264. The number of alkyl halides is 2. The second-order valence-corrected chi connectivity index (χ2v) is 5.27. The van der Waals surface area contributed by atoms with Crippen LogP contribution in [0.3, 0.4) is 0 Å². The normalized spacial score (nSPS) is 16.7. The van der Waals surface area contributed by atoms with Gasteiger partial charge in [0, 0.05) is 38.6 Å². The largest absolute Gasteiger partial charge is 0.493 e. The predicted octanol–water partition coefficient (Wildman–Crippen LogP) is 3.12. The monoisotopic (exact) mass is 350 g/mol. The van der Waals surface area contributed by atoms with Gasteiger partial charge < -0.3 is 14.8 Å². The molecule has 0 unspecified atom stereocenters. The molecule has 132 valence electrons. The van der Waals surface area contributed by atoms with Gasteiger partial charge in [0.25, 0.3) is 0 Å². The van der Waals surface area contributed by atoms with Crippen LogP contribution in [-0.2, 0) is 0 Å². The van der Waals surface area contributed by atoms with Crippen molar-refractivity contribution in [2.45, 2.75) is 25.8 Å². The molecule has 0 spiro atoms. The van der Waals surface area contributed by atoms with Gasteiger partial charge in [-0.25, -0.2) is 8.78 Å². The van der Waals surface area contributed by atoms with Crippen LogP contribution in [0, 0.1) is 0 Å². The fraction of sp³-hybridized carbons (Fsp3) is 0.625. The highest BCUT2D eigenvalue weighted by Crippen LogP contribution is 2.34. The fourth-order valence-electron chi connectivity index (χ4n) is 2.82. The van der Waals surface area contributed by atoms with Crippen molar-refractivity contribution < 1.29 is 18.3 Å². The van der Waals surface area contributed by atoms with Crippen molar-refractivity contribution >= 4 is 12.4 Å². The highest BCUT2D eigenvalue weighted by molar-refractivity contribution is 5.85. The molecule has 1 fully saturated rings. The molecule has 23 heavy (non-hydrogen) atoms. The van der Waals surface area contributed by atoms with Crippen LogP contribution in [0.15, 0.2) is 18.2 Å². The van der Waals surface area contributed by atoms with Crippen molar-refractivity contribution in [3.8, 4) is 11.5 Å². The Hall–Kier alpha value is -1.11. The second kappa shape index (κ2) is 9.90. The average Bonchev–Trinajstić information content (AvgIpc) is 2.54. The topological polar surface area (TPSA) is 33.7 Å². The van der Waals surface area contributed by atoms with E-state index in [1.54, 1.807) is 13.2 Å². The number of hydrogen-bond donors (Lipinski definition) is 1. The number of hydrogen-bond acceptors (Lipinski definition) is 4. The summed E-state index contributed by atoms with van der Waals surface area (Å²) in [6, 6.07) is 5.19. The SMILES string of the molecule is CCOc1ccc([C@H](CC(F)F)N2CCNCC2)cc1OC.Cl. The first kappa shape index (κ1) is 19.9. The molecule has 1 aliphatic rings. The first-order chi connectivity index (χ1) is 10.7. The lowest BCUT2D eigenvalue weighted by atomic mass is 10.0. The lowest BCUT2D eigenvalue weighted by Gasteiger charge is -2.35. The maximum atomic E-state index is 13.0. The van der Waals surface area contributed by atoms with Crippen molar-refractivity contribution in [3.63, 3.8) is 0 Å². The summed E-state index contributed by atoms with van der Waals surface area (Å²) >= 11 is 0. The summed E-state index contributed by atoms with van der Waals surface area (Å²) in [5.74, 6) is 1.23. The summed E-state index contributed by atoms with van der Waals surface area (Å²) in [6.07, 6.45) is -2.51. The van der Waals surface area contributed by atoms with Crippen LogP contribution in [0.2, 0.25) is 0 Å². The number of nitrogens with one attached hydrogen (secondary N) is 1. The molecular formula is C16H25ClF2N2O2. The summed E-state index contributed by atoms with van der Waals surface area (Å²) in [5.41, 5.74) is 0.850. The number of nitrogens with zero attached hydrogens (tertiary/aromatic N) is 1. The smallest absolute Gasteiger partial charge is 0.240 e. The number of ether oxygens (including phenoxy) is 2. The van der Waals surface area contributed by atoms with Gasteiger partial charge in [-0.2, -0.15) is 0 Å². The molecule has 0 saturated carbocycles. The molecule has 1 saturated heterocycles. The fourth-order valence-corrected chi connectivity index (χ4v) is 2.82. The van der Waals surface area contributed by atoms with Crippen LogP contribution in [-0.4, -0.2) is 51.2 Å². The molecule has 1 atom stereocenters. The van der Waals surface area contributed by atoms with Gasteiger partial charge in [-0.1, -0.05) is 6.07 Å². The van der Waals surface area contributed by atoms with E-state index in [0.29, 0.717) is 18.1 Å². The molecule has 2 rings (SSSR count). The predicted molar refractivity (Wildman–Crippen MR) is 89.2 cm³/mol. The van der Waals surface area contributed by atoms with E-state index < -0.39 is 6.43 Å². The van der Waals surface area contributed by atoms with E-state index >= 15 is 0 Å². The standard InChI is InChI=1S/C16H24F2N2O2.ClH/c1-3-22-14-5-4-12(10-15(14)21-2)13(11-16(17)18)20-8-6-19-7-9-20;/h4-5,10,13,16,19H,3,6-9,11H2,1-2H3;1H/t13-;/m0./s1. The number of methoxy groups -OCH3 is 1. The van der Waals surface area contributed by atoms with Crippen LogP contribution in [0.5, 0.6) is 11.5 Å². The molecule has 0 aliphatic carbocycles. The van der Waals surface area contributed by atoms with Crippen molar-refractivity contribution in [2.75, 3.05) is 39.9 Å². The van der Waals surface area contributed by atoms with E-state index in [1.165, 1.54) is 0 Å². The third-order valence-corrected chi connectivity index (χ3v) is 3.87. The van der Waals surface area contributed by atoms with E-state index in [4.69, 9.17) is 9.47 Å². The van der Waals surface area contributed by atoms with E-state index in [2.05, 4.69) is 10.2 Å². The van der Waals surface area contributed by atoms with Gasteiger partial charge in [-0.15, -0.1) is 12.4 Å². The van der Waals surface area contributed by atoms with Gasteiger partial charge in [0.05, 0.1) is 13.7 Å². The van der Waals surface area contributed by atoms with Crippen LogP contribution in [0.1, 0.15) is 24.9 Å². The Bertz CT molecular complexity index is 471. The average molecular weight is 351 g/mol. The van der Waals surface area contributed by atoms with Crippen molar-refractivity contribution in [3.05, 3.63) is 23.8 Å². The maximum Gasteiger partial charge on any atom is 0.240 e. The molecule has 0 radical (unpaired) electrons. The molecule has 1 aromatic carbocycles.